The van der Waals surface area contributed by atoms with E-state index >= 15 is 0 Å². The Morgan fingerprint density at radius 3 is 2.62 bits per heavy atom. The highest BCUT2D eigenvalue weighted by atomic mass is 16.5. The number of fused-ring (bicyclic) bond motifs is 1. The van der Waals surface area contributed by atoms with E-state index in [0.29, 0.717) is 11.8 Å². The Morgan fingerprint density at radius 1 is 1.24 bits per heavy atom. The van der Waals surface area contributed by atoms with Crippen LogP contribution in [-0.2, 0) is 4.74 Å². The van der Waals surface area contributed by atoms with Gasteiger partial charge in [-0.05, 0) is 35.8 Å². The minimum Gasteiger partial charge on any atom is -0.386 e. The van der Waals surface area contributed by atoms with Crippen LogP contribution in [0.15, 0.2) is 24.3 Å². The monoisotopic (exact) mass is 290 g/mol. The Bertz CT molecular complexity index is 429. The zero-order chi connectivity index (χ0) is 15.2. The molecule has 118 valence electrons. The highest BCUT2D eigenvalue weighted by Crippen LogP contribution is 2.38. The van der Waals surface area contributed by atoms with Crippen LogP contribution in [0.5, 0.6) is 0 Å². The molecule has 2 rings (SSSR count). The Hall–Kier alpha value is -0.860. The second-order valence-corrected chi connectivity index (χ2v) is 6.50. The van der Waals surface area contributed by atoms with Gasteiger partial charge in [0.1, 0.15) is 6.10 Å². The van der Waals surface area contributed by atoms with Crippen molar-refractivity contribution in [2.75, 3.05) is 6.61 Å². The van der Waals surface area contributed by atoms with Crippen LogP contribution in [0.1, 0.15) is 76.0 Å². The first-order valence-electron chi connectivity index (χ1n) is 8.55. The van der Waals surface area contributed by atoms with E-state index < -0.39 is 6.10 Å². The van der Waals surface area contributed by atoms with Crippen molar-refractivity contribution in [1.29, 1.82) is 0 Å². The lowest BCUT2D eigenvalue weighted by molar-refractivity contribution is -0.0646. The molecular formula is C19H30O2. The van der Waals surface area contributed by atoms with Crippen LogP contribution in [0.25, 0.3) is 0 Å². The van der Waals surface area contributed by atoms with Gasteiger partial charge in [-0.1, -0.05) is 64.3 Å². The first-order valence-corrected chi connectivity index (χ1v) is 8.55. The van der Waals surface area contributed by atoms with Crippen molar-refractivity contribution in [1.82, 2.24) is 0 Å². The number of hydrogen-bond acceptors (Lipinski definition) is 2. The topological polar surface area (TPSA) is 29.5 Å². The van der Waals surface area contributed by atoms with Crippen LogP contribution >= 0.6 is 0 Å². The highest BCUT2D eigenvalue weighted by molar-refractivity contribution is 5.35. The second-order valence-electron chi connectivity index (χ2n) is 6.50. The molecule has 0 aliphatic heterocycles. The van der Waals surface area contributed by atoms with Crippen molar-refractivity contribution < 1.29 is 9.84 Å². The van der Waals surface area contributed by atoms with E-state index in [1.165, 1.54) is 24.8 Å². The summed E-state index contributed by atoms with van der Waals surface area (Å²) in [7, 11) is 0. The third-order valence-corrected chi connectivity index (χ3v) is 4.87. The number of hydrogen-bond donors (Lipinski definition) is 1. The fraction of sp³-hybridized carbons (Fsp3) is 0.684. The van der Waals surface area contributed by atoms with E-state index in [-0.39, 0.29) is 6.10 Å². The number of unbranched alkanes of at least 4 members (excludes halogenated alkanes) is 1. The first kappa shape index (κ1) is 16.5. The molecular weight excluding hydrogens is 260 g/mol. The molecule has 1 aromatic rings. The summed E-state index contributed by atoms with van der Waals surface area (Å²) < 4.78 is 6.12. The van der Waals surface area contributed by atoms with Gasteiger partial charge in [0.05, 0.1) is 6.10 Å². The lowest BCUT2D eigenvalue weighted by atomic mass is 9.80. The van der Waals surface area contributed by atoms with Crippen LogP contribution < -0.4 is 0 Å². The van der Waals surface area contributed by atoms with Gasteiger partial charge >= 0.3 is 0 Å². The number of rotatable bonds is 7. The summed E-state index contributed by atoms with van der Waals surface area (Å²) in [6.07, 6.45) is 5.31. The Balaban J connectivity index is 1.96. The maximum absolute atomic E-state index is 10.6. The first-order chi connectivity index (χ1) is 10.2. The predicted octanol–water partition coefficient (Wildman–Crippen LogP) is 4.83. The van der Waals surface area contributed by atoms with Gasteiger partial charge in [-0.25, -0.2) is 0 Å². The Morgan fingerprint density at radius 2 is 1.95 bits per heavy atom. The van der Waals surface area contributed by atoms with Crippen LogP contribution in [-0.4, -0.2) is 17.8 Å². The fourth-order valence-electron chi connectivity index (χ4n) is 3.35. The second kappa shape index (κ2) is 7.95. The minimum atomic E-state index is -0.471. The molecule has 0 saturated carbocycles. The molecule has 1 N–H and O–H groups in total. The van der Waals surface area contributed by atoms with Crippen molar-refractivity contribution in [3.63, 3.8) is 0 Å². The minimum absolute atomic E-state index is 0.0504. The third-order valence-electron chi connectivity index (χ3n) is 4.87. The summed E-state index contributed by atoms with van der Waals surface area (Å²) in [5.41, 5.74) is 2.34. The molecule has 1 aliphatic carbocycles. The standard InChI is InChI=1S/C19H30O2/c1-4-6-9-15(5-2)13-21-18-12-14(3)16-10-7-8-11-17(16)19(18)20/h7-8,10-11,14-15,18-20H,4-6,9,12-13H2,1-3H3. The predicted molar refractivity (Wildman–Crippen MR) is 87.5 cm³/mol. The Kier molecular flexibility index (Phi) is 6.25. The average molecular weight is 290 g/mol. The van der Waals surface area contributed by atoms with Gasteiger partial charge in [0.15, 0.2) is 0 Å². The number of aliphatic hydroxyl groups excluding tert-OH is 1. The summed E-state index contributed by atoms with van der Waals surface area (Å²) in [4.78, 5) is 0. The van der Waals surface area contributed by atoms with Gasteiger partial charge in [-0.3, -0.25) is 0 Å². The molecule has 0 spiro atoms. The normalized spacial score (nSPS) is 26.4. The maximum Gasteiger partial charge on any atom is 0.105 e. The van der Waals surface area contributed by atoms with Crippen molar-refractivity contribution in [3.05, 3.63) is 35.4 Å². The summed E-state index contributed by atoms with van der Waals surface area (Å²) in [5, 5.41) is 10.6. The largest absolute Gasteiger partial charge is 0.386 e. The molecule has 21 heavy (non-hydrogen) atoms. The zero-order valence-electron chi connectivity index (χ0n) is 13.7. The van der Waals surface area contributed by atoms with Gasteiger partial charge in [0.2, 0.25) is 0 Å². The summed E-state index contributed by atoms with van der Waals surface area (Å²) in [6, 6.07) is 8.24. The molecule has 2 heteroatoms. The van der Waals surface area contributed by atoms with Gasteiger partial charge < -0.3 is 9.84 Å². The molecule has 0 amide bonds. The lowest BCUT2D eigenvalue weighted by Gasteiger charge is -2.34. The van der Waals surface area contributed by atoms with Crippen molar-refractivity contribution in [2.45, 2.75) is 71.0 Å². The molecule has 0 bridgehead atoms. The van der Waals surface area contributed by atoms with Crippen molar-refractivity contribution in [2.24, 2.45) is 5.92 Å². The molecule has 0 fully saturated rings. The molecule has 4 atom stereocenters. The van der Waals surface area contributed by atoms with Crippen molar-refractivity contribution in [3.8, 4) is 0 Å². The quantitative estimate of drug-likeness (QED) is 0.779. The molecule has 0 saturated heterocycles. The molecule has 0 aromatic heterocycles. The van der Waals surface area contributed by atoms with E-state index in [4.69, 9.17) is 4.74 Å². The summed E-state index contributed by atoms with van der Waals surface area (Å²) in [5.74, 6) is 1.09. The summed E-state index contributed by atoms with van der Waals surface area (Å²) in [6.45, 7) is 7.48. The van der Waals surface area contributed by atoms with Gasteiger partial charge in [0.25, 0.3) is 0 Å². The molecule has 0 heterocycles. The number of ether oxygens (including phenoxy) is 1. The SMILES string of the molecule is CCCCC(CC)COC1CC(C)c2ccccc2C1O. The van der Waals surface area contributed by atoms with E-state index in [1.807, 2.05) is 12.1 Å². The van der Waals surface area contributed by atoms with E-state index in [2.05, 4.69) is 32.9 Å². The van der Waals surface area contributed by atoms with Crippen molar-refractivity contribution >= 4 is 0 Å². The highest BCUT2D eigenvalue weighted by Gasteiger charge is 2.32. The zero-order valence-corrected chi connectivity index (χ0v) is 13.7. The maximum atomic E-state index is 10.6. The van der Waals surface area contributed by atoms with E-state index in [0.717, 1.165) is 25.0 Å². The van der Waals surface area contributed by atoms with Crippen LogP contribution in [0.3, 0.4) is 0 Å². The van der Waals surface area contributed by atoms with E-state index in [1.54, 1.807) is 0 Å². The van der Waals surface area contributed by atoms with Crippen LogP contribution in [0.2, 0.25) is 0 Å². The van der Waals surface area contributed by atoms with Crippen LogP contribution in [0, 0.1) is 5.92 Å². The number of aliphatic hydroxyl groups is 1. The molecule has 1 aliphatic rings. The van der Waals surface area contributed by atoms with Gasteiger partial charge in [-0.2, -0.15) is 0 Å². The summed E-state index contributed by atoms with van der Waals surface area (Å²) >= 11 is 0. The third kappa shape index (κ3) is 4.08. The average Bonchev–Trinajstić information content (AvgIpc) is 2.52. The van der Waals surface area contributed by atoms with Crippen LogP contribution in [0.4, 0.5) is 0 Å². The van der Waals surface area contributed by atoms with Gasteiger partial charge in [0, 0.05) is 6.61 Å². The molecule has 4 unspecified atom stereocenters. The van der Waals surface area contributed by atoms with Gasteiger partial charge in [-0.15, -0.1) is 0 Å². The van der Waals surface area contributed by atoms with E-state index in [9.17, 15) is 5.11 Å². The number of benzene rings is 1. The molecule has 1 aromatic carbocycles. The lowest BCUT2D eigenvalue weighted by Crippen LogP contribution is -2.31. The Labute approximate surface area is 129 Å². The fourth-order valence-corrected chi connectivity index (χ4v) is 3.35. The molecule has 0 radical (unpaired) electrons. The smallest absolute Gasteiger partial charge is 0.105 e. The molecule has 2 nitrogen and oxygen atoms in total.